The molecule has 1 aromatic rings. The Labute approximate surface area is 103 Å². The molecule has 1 aromatic carbocycles. The lowest BCUT2D eigenvalue weighted by Gasteiger charge is -2.11. The summed E-state index contributed by atoms with van der Waals surface area (Å²) in [6, 6.07) is 6.69. The Morgan fingerprint density at radius 2 is 2.31 bits per heavy atom. The second-order valence-corrected chi connectivity index (χ2v) is 4.62. The number of nitrogens with zero attached hydrogens (tertiary/aromatic N) is 1. The maximum absolute atomic E-state index is 5.88. The zero-order chi connectivity index (χ0) is 11.5. The fraction of sp³-hybridized carbons (Fsp3) is 0.429. The summed E-state index contributed by atoms with van der Waals surface area (Å²) in [5.41, 5.74) is 5.42. The van der Waals surface area contributed by atoms with Gasteiger partial charge in [-0.2, -0.15) is 0 Å². The van der Waals surface area contributed by atoms with Crippen LogP contribution in [0.4, 0.5) is 5.69 Å². The molecule has 0 amide bonds. The van der Waals surface area contributed by atoms with Gasteiger partial charge in [0, 0.05) is 25.2 Å². The van der Waals surface area contributed by atoms with Gasteiger partial charge in [-0.1, -0.05) is 24.6 Å². The van der Waals surface area contributed by atoms with Crippen molar-refractivity contribution in [2.75, 3.05) is 24.4 Å². The highest BCUT2D eigenvalue weighted by atomic mass is 35.5. The molecule has 0 aromatic heterocycles. The Balaban J connectivity index is 2.29. The second-order valence-electron chi connectivity index (χ2n) is 4.35. The second kappa shape index (κ2) is 4.92. The number of benzene rings is 1. The van der Waals surface area contributed by atoms with Crippen molar-refractivity contribution in [1.29, 1.82) is 0 Å². The van der Waals surface area contributed by atoms with E-state index in [-0.39, 0.29) is 0 Å². The third-order valence-corrected chi connectivity index (χ3v) is 3.57. The maximum Gasteiger partial charge on any atom is 0.0436 e. The van der Waals surface area contributed by atoms with Crippen molar-refractivity contribution in [2.24, 2.45) is 0 Å². The fourth-order valence-electron chi connectivity index (χ4n) is 2.15. The first kappa shape index (κ1) is 11.5. The molecule has 0 fully saturated rings. The molecule has 16 heavy (non-hydrogen) atoms. The van der Waals surface area contributed by atoms with Crippen LogP contribution in [0, 0.1) is 0 Å². The predicted octanol–water partition coefficient (Wildman–Crippen LogP) is 3.71. The molecule has 0 bridgehead atoms. The molecule has 0 saturated heterocycles. The number of alkyl halides is 1. The van der Waals surface area contributed by atoms with Crippen LogP contribution in [-0.2, 0) is 6.42 Å². The highest BCUT2D eigenvalue weighted by Crippen LogP contribution is 2.28. The molecule has 1 aliphatic heterocycles. The highest BCUT2D eigenvalue weighted by Gasteiger charge is 2.14. The lowest BCUT2D eigenvalue weighted by Crippen LogP contribution is -2.12. The summed E-state index contributed by atoms with van der Waals surface area (Å²) in [6.45, 7) is 3.29. The van der Waals surface area contributed by atoms with Crippen LogP contribution in [0.2, 0.25) is 0 Å². The average molecular weight is 236 g/mol. The summed E-state index contributed by atoms with van der Waals surface area (Å²) in [5.74, 6) is 0.632. The third-order valence-electron chi connectivity index (χ3n) is 3.23. The smallest absolute Gasteiger partial charge is 0.0436 e. The van der Waals surface area contributed by atoms with E-state index in [4.69, 9.17) is 11.6 Å². The molecule has 1 aliphatic rings. The SMILES string of the molecule is CCC(=Cc1ccc2c(c1)CCN2C)CCl. The van der Waals surface area contributed by atoms with Crippen LogP contribution in [0.1, 0.15) is 24.5 Å². The number of likely N-dealkylation sites (N-methyl/N-ethyl adjacent to an activating group) is 1. The van der Waals surface area contributed by atoms with Crippen molar-refractivity contribution in [3.8, 4) is 0 Å². The number of halogens is 1. The van der Waals surface area contributed by atoms with Gasteiger partial charge in [-0.15, -0.1) is 11.6 Å². The third kappa shape index (κ3) is 2.25. The van der Waals surface area contributed by atoms with Crippen LogP contribution in [-0.4, -0.2) is 19.5 Å². The number of allylic oxidation sites excluding steroid dienone is 1. The van der Waals surface area contributed by atoms with E-state index < -0.39 is 0 Å². The standard InChI is InChI=1S/C14H18ClN/c1-3-11(10-15)8-12-4-5-14-13(9-12)6-7-16(14)2/h4-5,8-9H,3,6-7,10H2,1-2H3. The Morgan fingerprint density at radius 3 is 3.00 bits per heavy atom. The van der Waals surface area contributed by atoms with E-state index in [2.05, 4.69) is 43.1 Å². The molecular weight excluding hydrogens is 218 g/mol. The Hall–Kier alpha value is -0.950. The molecule has 2 heteroatoms. The summed E-state index contributed by atoms with van der Waals surface area (Å²) in [7, 11) is 2.15. The fourth-order valence-corrected chi connectivity index (χ4v) is 2.41. The van der Waals surface area contributed by atoms with Crippen molar-refractivity contribution < 1.29 is 0 Å². The number of fused-ring (bicyclic) bond motifs is 1. The Bertz CT molecular complexity index is 403. The van der Waals surface area contributed by atoms with E-state index in [0.717, 1.165) is 19.4 Å². The first-order valence-corrected chi connectivity index (χ1v) is 6.37. The van der Waals surface area contributed by atoms with Crippen molar-refractivity contribution in [3.63, 3.8) is 0 Å². The van der Waals surface area contributed by atoms with Crippen molar-refractivity contribution in [3.05, 3.63) is 34.9 Å². The first-order chi connectivity index (χ1) is 7.74. The first-order valence-electron chi connectivity index (χ1n) is 5.84. The van der Waals surface area contributed by atoms with Crippen LogP contribution >= 0.6 is 11.6 Å². The summed E-state index contributed by atoms with van der Waals surface area (Å²) >= 11 is 5.88. The Morgan fingerprint density at radius 1 is 1.50 bits per heavy atom. The molecule has 0 aliphatic carbocycles. The number of rotatable bonds is 3. The topological polar surface area (TPSA) is 3.24 Å². The quantitative estimate of drug-likeness (QED) is 0.722. The molecule has 0 N–H and O–H groups in total. The molecule has 0 spiro atoms. The largest absolute Gasteiger partial charge is 0.374 e. The Kier molecular flexibility index (Phi) is 3.55. The molecule has 86 valence electrons. The van der Waals surface area contributed by atoms with Crippen LogP contribution in [0.3, 0.4) is 0 Å². The van der Waals surface area contributed by atoms with Gasteiger partial charge < -0.3 is 4.90 Å². The minimum atomic E-state index is 0.632. The predicted molar refractivity (Wildman–Crippen MR) is 72.4 cm³/mol. The van der Waals surface area contributed by atoms with E-state index in [1.54, 1.807) is 0 Å². The van der Waals surface area contributed by atoms with E-state index in [9.17, 15) is 0 Å². The monoisotopic (exact) mass is 235 g/mol. The summed E-state index contributed by atoms with van der Waals surface area (Å²) in [5, 5.41) is 0. The van der Waals surface area contributed by atoms with Gasteiger partial charge in [0.25, 0.3) is 0 Å². The van der Waals surface area contributed by atoms with Gasteiger partial charge in [-0.3, -0.25) is 0 Å². The molecule has 1 heterocycles. The zero-order valence-electron chi connectivity index (χ0n) is 9.96. The molecular formula is C14H18ClN. The van der Waals surface area contributed by atoms with Gasteiger partial charge in [0.05, 0.1) is 0 Å². The van der Waals surface area contributed by atoms with Gasteiger partial charge in [0.2, 0.25) is 0 Å². The van der Waals surface area contributed by atoms with Crippen molar-refractivity contribution >= 4 is 23.4 Å². The zero-order valence-corrected chi connectivity index (χ0v) is 10.7. The van der Waals surface area contributed by atoms with E-state index >= 15 is 0 Å². The van der Waals surface area contributed by atoms with Gasteiger partial charge in [-0.05, 0) is 36.1 Å². The van der Waals surface area contributed by atoms with Gasteiger partial charge in [0.1, 0.15) is 0 Å². The summed E-state index contributed by atoms with van der Waals surface area (Å²) in [4.78, 5) is 2.31. The molecule has 0 unspecified atom stereocenters. The van der Waals surface area contributed by atoms with Gasteiger partial charge in [-0.25, -0.2) is 0 Å². The maximum atomic E-state index is 5.88. The van der Waals surface area contributed by atoms with Crippen molar-refractivity contribution in [2.45, 2.75) is 19.8 Å². The van der Waals surface area contributed by atoms with Crippen LogP contribution in [0.15, 0.2) is 23.8 Å². The average Bonchev–Trinajstić information content (AvgIpc) is 2.68. The van der Waals surface area contributed by atoms with Crippen LogP contribution < -0.4 is 4.90 Å². The van der Waals surface area contributed by atoms with E-state index in [1.807, 2.05) is 0 Å². The van der Waals surface area contributed by atoms with E-state index in [0.29, 0.717) is 5.88 Å². The summed E-state index contributed by atoms with van der Waals surface area (Å²) < 4.78 is 0. The number of hydrogen-bond donors (Lipinski definition) is 0. The van der Waals surface area contributed by atoms with Crippen LogP contribution in [0.25, 0.3) is 6.08 Å². The molecule has 0 atom stereocenters. The number of hydrogen-bond acceptors (Lipinski definition) is 1. The van der Waals surface area contributed by atoms with E-state index in [1.165, 1.54) is 22.4 Å². The molecule has 0 saturated carbocycles. The van der Waals surface area contributed by atoms with Gasteiger partial charge >= 0.3 is 0 Å². The van der Waals surface area contributed by atoms with Crippen LogP contribution in [0.5, 0.6) is 0 Å². The molecule has 2 rings (SSSR count). The minimum Gasteiger partial charge on any atom is -0.374 e. The molecule has 0 radical (unpaired) electrons. The van der Waals surface area contributed by atoms with Gasteiger partial charge in [0.15, 0.2) is 0 Å². The highest BCUT2D eigenvalue weighted by molar-refractivity contribution is 6.19. The molecule has 1 nitrogen and oxygen atoms in total. The minimum absolute atomic E-state index is 0.632. The summed E-state index contributed by atoms with van der Waals surface area (Å²) in [6.07, 6.45) is 4.40. The number of anilines is 1. The lowest BCUT2D eigenvalue weighted by atomic mass is 10.1. The normalized spacial score (nSPS) is 15.4. The lowest BCUT2D eigenvalue weighted by molar-refractivity contribution is 0.956. The van der Waals surface area contributed by atoms with Crippen molar-refractivity contribution in [1.82, 2.24) is 0 Å².